The molecule has 1 fully saturated rings. The summed E-state index contributed by atoms with van der Waals surface area (Å²) in [7, 11) is 1.88. The highest BCUT2D eigenvalue weighted by molar-refractivity contribution is 14.1. The monoisotopic (exact) mass is 1190 g/mol. The Morgan fingerprint density at radius 2 is 1.27 bits per heavy atom. The number of carbonyl (C=O) groups is 9. The van der Waals surface area contributed by atoms with Crippen LogP contribution in [-0.2, 0) is 62.4 Å². The van der Waals surface area contributed by atoms with E-state index in [4.69, 9.17) is 11.5 Å². The summed E-state index contributed by atoms with van der Waals surface area (Å²) in [6.45, 7) is 3.40. The van der Waals surface area contributed by atoms with Gasteiger partial charge in [0.1, 0.15) is 48.0 Å². The van der Waals surface area contributed by atoms with Crippen molar-refractivity contribution in [1.82, 2.24) is 42.2 Å². The molecule has 404 valence electrons. The zero-order chi connectivity index (χ0) is 54.8. The maximum Gasteiger partial charge on any atom is 0.326 e. The van der Waals surface area contributed by atoms with Gasteiger partial charge >= 0.3 is 11.9 Å². The summed E-state index contributed by atoms with van der Waals surface area (Å²) in [5.41, 5.74) is 14.2. The Labute approximate surface area is 454 Å². The Morgan fingerprint density at radius 1 is 0.720 bits per heavy atom. The highest BCUT2D eigenvalue weighted by Gasteiger charge is 2.36. The maximum atomic E-state index is 14.8. The summed E-state index contributed by atoms with van der Waals surface area (Å²) < 4.78 is 0.879. The first-order chi connectivity index (χ1) is 35.7. The van der Waals surface area contributed by atoms with E-state index in [2.05, 4.69) is 64.8 Å². The number of aliphatic carboxylic acids is 2. The Hall–Kier alpha value is -6.42. The molecule has 1 aliphatic heterocycles. The van der Waals surface area contributed by atoms with Gasteiger partial charge in [-0.1, -0.05) is 77.9 Å². The van der Waals surface area contributed by atoms with Crippen LogP contribution in [0, 0.1) is 9.49 Å². The van der Waals surface area contributed by atoms with E-state index < -0.39 is 114 Å². The second-order valence-electron chi connectivity index (χ2n) is 18.3. The summed E-state index contributed by atoms with van der Waals surface area (Å²) >= 11 is 2.11. The number of para-hydroxylation sites is 1. The number of phenolic OH excluding ortho intramolecular Hbond substituents is 1. The predicted molar refractivity (Wildman–Crippen MR) is 291 cm³/mol. The number of hydrogen-bond acceptors (Lipinski definition) is 14. The van der Waals surface area contributed by atoms with Crippen LogP contribution >= 0.6 is 44.2 Å². The van der Waals surface area contributed by atoms with E-state index in [1.54, 1.807) is 50.4 Å². The lowest BCUT2D eigenvalue weighted by molar-refractivity contribution is -0.143. The molecule has 5 rings (SSSR count). The molecule has 1 aliphatic rings. The number of aromatic nitrogens is 1. The number of halogens is 1. The standard InChI is InChI=1S/C50H63IN10O12S2/c1-26(2)42(50(72)73)61-49(71)40-25-75-74-24-39(59-43(65)33(53)22-41(63)64)48(70)57-36(19-27-10-14-30(51)15-11-27)45(67)58-38(21-29-23-54-34-8-4-3-7-32(29)34)47(69)55-35(9-5-6-18-52)44(66)56-37(46(68)60-40)20-28-12-16-31(62)17-13-28/h3-4,7-8,10-17,23,26,33,35-40,42,54,62H,5-6,9,18-22,24-25,52-53H2,1-2H3,(H,55,69)(H,56,66)(H,57,70)(H,58,67)(H,59,65)(H,60,68)(H,61,71)(H,63,64)(H,72,73)/t33-,35-,36-,37-,38-,39-,40-,42-/m0/s1. The molecular weight excluding hydrogens is 1120 g/mol. The Morgan fingerprint density at radius 3 is 1.87 bits per heavy atom. The minimum absolute atomic E-state index is 0.0233. The molecule has 4 aromatic rings. The van der Waals surface area contributed by atoms with Gasteiger partial charge < -0.3 is 69.0 Å². The molecule has 7 amide bonds. The first-order valence-corrected chi connectivity index (χ1v) is 27.6. The number of hydrogen-bond donors (Lipinski definition) is 13. The molecule has 0 bridgehead atoms. The van der Waals surface area contributed by atoms with E-state index >= 15 is 0 Å². The van der Waals surface area contributed by atoms with Crippen LogP contribution in [0.3, 0.4) is 0 Å². The fourth-order valence-electron chi connectivity index (χ4n) is 7.92. The molecule has 8 atom stereocenters. The maximum absolute atomic E-state index is 14.8. The smallest absolute Gasteiger partial charge is 0.326 e. The largest absolute Gasteiger partial charge is 0.508 e. The predicted octanol–water partition coefficient (Wildman–Crippen LogP) is 0.966. The van der Waals surface area contributed by atoms with Crippen molar-refractivity contribution in [1.29, 1.82) is 0 Å². The van der Waals surface area contributed by atoms with E-state index in [1.807, 2.05) is 18.2 Å². The number of nitrogens with one attached hydrogen (secondary N) is 8. The molecule has 0 spiro atoms. The number of fused-ring (bicyclic) bond motifs is 1. The van der Waals surface area contributed by atoms with Crippen LogP contribution in [-0.4, -0.2) is 140 Å². The third kappa shape index (κ3) is 18.4. The van der Waals surface area contributed by atoms with Gasteiger partial charge in [0.25, 0.3) is 0 Å². The number of nitrogens with two attached hydrogens (primary N) is 2. The molecule has 0 saturated carbocycles. The van der Waals surface area contributed by atoms with Crippen molar-refractivity contribution in [3.63, 3.8) is 0 Å². The van der Waals surface area contributed by atoms with Crippen molar-refractivity contribution in [3.05, 3.63) is 99.3 Å². The van der Waals surface area contributed by atoms with Gasteiger partial charge in [-0.2, -0.15) is 0 Å². The number of carboxylic acids is 2. The molecule has 1 saturated heterocycles. The van der Waals surface area contributed by atoms with Crippen LogP contribution in [0.1, 0.15) is 56.2 Å². The average Bonchev–Trinajstić information content (AvgIpc) is 3.77. The number of H-pyrrole nitrogens is 1. The van der Waals surface area contributed by atoms with Crippen LogP contribution < -0.4 is 48.7 Å². The average molecular weight is 1190 g/mol. The van der Waals surface area contributed by atoms with E-state index in [0.29, 0.717) is 29.5 Å². The fraction of sp³-hybridized carbons (Fsp3) is 0.420. The molecule has 75 heavy (non-hydrogen) atoms. The number of carbonyl (C=O) groups excluding carboxylic acids is 7. The summed E-state index contributed by atoms with van der Waals surface area (Å²) in [4.78, 5) is 127. The molecule has 0 aliphatic carbocycles. The molecule has 3 aromatic carbocycles. The SMILES string of the molecule is CC(C)[C@H](NC(=O)[C@@H]1CSSC[C@H](NC(=O)[C@@H](N)CC(=O)O)C(=O)N[C@@H](Cc2ccc(I)cc2)C(=O)N[C@@H](Cc2c[nH]c3ccccc23)C(=O)N[C@@H](CCCCN)C(=O)N[C@@H](Cc2ccc(O)cc2)C(=O)N1)C(=O)O. The third-order valence-electron chi connectivity index (χ3n) is 12.1. The minimum Gasteiger partial charge on any atom is -0.508 e. The minimum atomic E-state index is -1.59. The molecule has 2 heterocycles. The number of unbranched alkanes of at least 4 members (excludes halogenated alkanes) is 1. The molecule has 0 unspecified atom stereocenters. The lowest BCUT2D eigenvalue weighted by atomic mass is 10.0. The van der Waals surface area contributed by atoms with Crippen LogP contribution in [0.15, 0.2) is 79.0 Å². The van der Waals surface area contributed by atoms with Crippen molar-refractivity contribution in [2.45, 2.75) is 107 Å². The van der Waals surface area contributed by atoms with Crippen molar-refractivity contribution in [2.75, 3.05) is 18.1 Å². The molecular formula is C50H63IN10O12S2. The number of amides is 7. The molecule has 22 nitrogen and oxygen atoms in total. The Bertz CT molecular complexity index is 2660. The molecule has 25 heteroatoms. The fourth-order valence-corrected chi connectivity index (χ4v) is 10.6. The van der Waals surface area contributed by atoms with Crippen molar-refractivity contribution >= 4 is 108 Å². The van der Waals surface area contributed by atoms with Gasteiger partial charge in [-0.05, 0) is 101 Å². The van der Waals surface area contributed by atoms with Crippen LogP contribution in [0.4, 0.5) is 0 Å². The van der Waals surface area contributed by atoms with E-state index in [1.165, 1.54) is 24.3 Å². The lowest BCUT2D eigenvalue weighted by Gasteiger charge is -2.29. The summed E-state index contributed by atoms with van der Waals surface area (Å²) in [6.07, 6.45) is 1.27. The normalized spacial score (nSPS) is 21.3. The zero-order valence-electron chi connectivity index (χ0n) is 41.1. The number of carboxylic acid groups (broad SMARTS) is 2. The molecule has 15 N–H and O–H groups in total. The van der Waals surface area contributed by atoms with Crippen LogP contribution in [0.2, 0.25) is 0 Å². The number of rotatable bonds is 18. The third-order valence-corrected chi connectivity index (χ3v) is 15.2. The van der Waals surface area contributed by atoms with E-state index in [-0.39, 0.29) is 49.5 Å². The Balaban J connectivity index is 1.63. The van der Waals surface area contributed by atoms with Crippen molar-refractivity contribution < 1.29 is 58.5 Å². The number of benzene rings is 3. The summed E-state index contributed by atoms with van der Waals surface area (Å²) in [6, 6.07) is 8.57. The van der Waals surface area contributed by atoms with E-state index in [9.17, 15) is 58.5 Å². The van der Waals surface area contributed by atoms with Gasteiger partial charge in [0.05, 0.1) is 12.5 Å². The molecule has 0 radical (unpaired) electrons. The quantitative estimate of drug-likeness (QED) is 0.0375. The highest BCUT2D eigenvalue weighted by atomic mass is 127. The van der Waals surface area contributed by atoms with Gasteiger partial charge in [-0.3, -0.25) is 38.4 Å². The number of aromatic hydroxyl groups is 1. The van der Waals surface area contributed by atoms with Crippen molar-refractivity contribution in [2.24, 2.45) is 17.4 Å². The molecule has 1 aromatic heterocycles. The summed E-state index contributed by atoms with van der Waals surface area (Å²) in [5, 5.41) is 48.8. The van der Waals surface area contributed by atoms with Crippen molar-refractivity contribution in [3.8, 4) is 5.75 Å². The summed E-state index contributed by atoms with van der Waals surface area (Å²) in [5.74, 6) is -10.1. The lowest BCUT2D eigenvalue weighted by Crippen LogP contribution is -2.61. The van der Waals surface area contributed by atoms with Gasteiger partial charge in [-0.15, -0.1) is 0 Å². The van der Waals surface area contributed by atoms with Gasteiger partial charge in [0.15, 0.2) is 0 Å². The van der Waals surface area contributed by atoms with Gasteiger partial charge in [0, 0.05) is 51.4 Å². The second-order valence-corrected chi connectivity index (χ2v) is 22.1. The zero-order valence-corrected chi connectivity index (χ0v) is 44.9. The van der Waals surface area contributed by atoms with Gasteiger partial charge in [0.2, 0.25) is 41.4 Å². The van der Waals surface area contributed by atoms with Crippen LogP contribution in [0.5, 0.6) is 5.75 Å². The first kappa shape index (κ1) is 59.5. The van der Waals surface area contributed by atoms with Crippen LogP contribution in [0.25, 0.3) is 10.9 Å². The van der Waals surface area contributed by atoms with Gasteiger partial charge in [-0.25, -0.2) is 4.79 Å². The Kier molecular flexibility index (Phi) is 23.0. The second kappa shape index (κ2) is 29.0. The number of phenols is 1. The van der Waals surface area contributed by atoms with E-state index in [0.717, 1.165) is 36.1 Å². The first-order valence-electron chi connectivity index (χ1n) is 24.1. The topological polar surface area (TPSA) is 366 Å². The number of aromatic amines is 1. The highest BCUT2D eigenvalue weighted by Crippen LogP contribution is 2.25.